The van der Waals surface area contributed by atoms with E-state index in [4.69, 9.17) is 27.9 Å². The van der Waals surface area contributed by atoms with Crippen LogP contribution in [0.3, 0.4) is 0 Å². The Morgan fingerprint density at radius 1 is 0.964 bits per heavy atom. The van der Waals surface area contributed by atoms with Gasteiger partial charge in [-0.05, 0) is 48.0 Å². The molecule has 3 nitrogen and oxygen atoms in total. The molecule has 0 unspecified atom stereocenters. The Hall–Kier alpha value is -2.66. The minimum atomic E-state index is -0.474. The zero-order valence-electron chi connectivity index (χ0n) is 14.4. The van der Waals surface area contributed by atoms with Gasteiger partial charge in [-0.25, -0.2) is 4.79 Å². The van der Waals surface area contributed by atoms with Crippen molar-refractivity contribution < 1.29 is 9.53 Å². The van der Waals surface area contributed by atoms with Gasteiger partial charge in [-0.3, -0.25) is 4.99 Å². The molecular formula is C22H13Cl2NO2S. The molecule has 0 saturated heterocycles. The van der Waals surface area contributed by atoms with E-state index in [-0.39, 0.29) is 0 Å². The first-order valence-electron chi connectivity index (χ1n) is 8.39. The number of carbonyl (C=O) groups is 1. The molecule has 1 aromatic heterocycles. The SMILES string of the molecule is O=C(Oc1cccc(C=Nc2ccc(Cl)cc2)c1)c1sc2ccccc2c1Cl. The summed E-state index contributed by atoms with van der Waals surface area (Å²) < 4.78 is 6.47. The lowest BCUT2D eigenvalue weighted by molar-refractivity contribution is 0.0740. The number of ether oxygens (including phenoxy) is 1. The number of halogens is 2. The van der Waals surface area contributed by atoms with Crippen LogP contribution in [0.15, 0.2) is 77.8 Å². The number of benzene rings is 3. The van der Waals surface area contributed by atoms with Crippen LogP contribution in [-0.4, -0.2) is 12.2 Å². The van der Waals surface area contributed by atoms with E-state index in [1.165, 1.54) is 11.3 Å². The molecule has 0 radical (unpaired) electrons. The van der Waals surface area contributed by atoms with Gasteiger partial charge in [0.25, 0.3) is 0 Å². The molecule has 0 fully saturated rings. The highest BCUT2D eigenvalue weighted by molar-refractivity contribution is 7.21. The Bertz CT molecular complexity index is 1180. The molecule has 6 heteroatoms. The number of aliphatic imine (C=N–C) groups is 1. The summed E-state index contributed by atoms with van der Waals surface area (Å²) >= 11 is 13.6. The van der Waals surface area contributed by atoms with E-state index in [0.29, 0.717) is 20.7 Å². The van der Waals surface area contributed by atoms with Crippen LogP contribution in [0.25, 0.3) is 10.1 Å². The second-order valence-corrected chi connectivity index (χ2v) is 7.80. The summed E-state index contributed by atoms with van der Waals surface area (Å²) in [5.74, 6) is -0.0448. The summed E-state index contributed by atoms with van der Waals surface area (Å²) in [6.07, 6.45) is 1.70. The summed E-state index contributed by atoms with van der Waals surface area (Å²) in [7, 11) is 0. The number of thiophene rings is 1. The lowest BCUT2D eigenvalue weighted by Gasteiger charge is -2.04. The van der Waals surface area contributed by atoms with Crippen molar-refractivity contribution in [2.24, 2.45) is 4.99 Å². The molecule has 4 rings (SSSR count). The number of rotatable bonds is 4. The molecule has 0 aliphatic heterocycles. The lowest BCUT2D eigenvalue weighted by atomic mass is 10.2. The van der Waals surface area contributed by atoms with Gasteiger partial charge in [-0.15, -0.1) is 11.3 Å². The average molecular weight is 426 g/mol. The summed E-state index contributed by atoms with van der Waals surface area (Å²) in [6, 6.07) is 22.0. The van der Waals surface area contributed by atoms with E-state index in [0.717, 1.165) is 21.3 Å². The van der Waals surface area contributed by atoms with Crippen LogP contribution in [0, 0.1) is 0 Å². The minimum absolute atomic E-state index is 0.392. The van der Waals surface area contributed by atoms with Gasteiger partial charge in [0, 0.05) is 21.3 Å². The molecule has 0 aliphatic rings. The van der Waals surface area contributed by atoms with Crippen molar-refractivity contribution in [2.45, 2.75) is 0 Å². The molecule has 0 atom stereocenters. The van der Waals surface area contributed by atoms with Crippen molar-refractivity contribution in [3.63, 3.8) is 0 Å². The fraction of sp³-hybridized carbons (Fsp3) is 0. The van der Waals surface area contributed by atoms with Crippen molar-refractivity contribution in [3.05, 3.63) is 93.3 Å². The van der Waals surface area contributed by atoms with Crippen LogP contribution in [0.4, 0.5) is 5.69 Å². The van der Waals surface area contributed by atoms with Crippen LogP contribution >= 0.6 is 34.5 Å². The molecule has 138 valence electrons. The fourth-order valence-electron chi connectivity index (χ4n) is 2.63. The van der Waals surface area contributed by atoms with Crippen molar-refractivity contribution in [1.29, 1.82) is 0 Å². The molecule has 0 bridgehead atoms. The van der Waals surface area contributed by atoms with E-state index in [1.807, 2.05) is 42.5 Å². The highest BCUT2D eigenvalue weighted by atomic mass is 35.5. The Labute approximate surface area is 175 Å². The van der Waals surface area contributed by atoms with Crippen molar-refractivity contribution in [2.75, 3.05) is 0 Å². The summed E-state index contributed by atoms with van der Waals surface area (Å²) in [6.45, 7) is 0. The van der Waals surface area contributed by atoms with Gasteiger partial charge in [0.15, 0.2) is 0 Å². The average Bonchev–Trinajstić information content (AvgIpc) is 3.05. The predicted octanol–water partition coefficient (Wildman–Crippen LogP) is 7.18. The van der Waals surface area contributed by atoms with E-state index < -0.39 is 5.97 Å². The molecule has 0 aliphatic carbocycles. The first-order chi connectivity index (χ1) is 13.6. The van der Waals surface area contributed by atoms with Crippen LogP contribution in [-0.2, 0) is 0 Å². The number of nitrogens with zero attached hydrogens (tertiary/aromatic N) is 1. The fourth-order valence-corrected chi connectivity index (χ4v) is 4.14. The van der Waals surface area contributed by atoms with Gasteiger partial charge in [-0.1, -0.05) is 53.5 Å². The van der Waals surface area contributed by atoms with Crippen molar-refractivity contribution in [1.82, 2.24) is 0 Å². The number of hydrogen-bond acceptors (Lipinski definition) is 4. The zero-order chi connectivity index (χ0) is 19.5. The van der Waals surface area contributed by atoms with E-state index in [9.17, 15) is 4.79 Å². The number of esters is 1. The normalized spacial score (nSPS) is 11.2. The third-order valence-corrected chi connectivity index (χ3v) is 5.89. The van der Waals surface area contributed by atoms with Gasteiger partial charge in [-0.2, -0.15) is 0 Å². The van der Waals surface area contributed by atoms with Crippen LogP contribution in [0.2, 0.25) is 10.0 Å². The molecule has 0 amide bonds. The topological polar surface area (TPSA) is 38.7 Å². The smallest absolute Gasteiger partial charge is 0.355 e. The Balaban J connectivity index is 1.53. The van der Waals surface area contributed by atoms with Gasteiger partial charge in [0.2, 0.25) is 0 Å². The molecule has 1 heterocycles. The maximum Gasteiger partial charge on any atom is 0.355 e. The molecule has 0 saturated carbocycles. The Morgan fingerprint density at radius 3 is 2.54 bits per heavy atom. The largest absolute Gasteiger partial charge is 0.422 e. The molecule has 0 N–H and O–H groups in total. The summed E-state index contributed by atoms with van der Waals surface area (Å²) in [4.78, 5) is 17.4. The Morgan fingerprint density at radius 2 is 1.75 bits per heavy atom. The lowest BCUT2D eigenvalue weighted by Crippen LogP contribution is -2.07. The third-order valence-electron chi connectivity index (χ3n) is 3.98. The van der Waals surface area contributed by atoms with Gasteiger partial charge < -0.3 is 4.74 Å². The third kappa shape index (κ3) is 4.09. The van der Waals surface area contributed by atoms with E-state index in [1.54, 1.807) is 36.5 Å². The standard InChI is InChI=1S/C22H13Cl2NO2S/c23-15-8-10-16(11-9-15)25-13-14-4-3-5-17(12-14)27-22(26)21-20(24)18-6-1-2-7-19(18)28-21/h1-13H. The highest BCUT2D eigenvalue weighted by Gasteiger charge is 2.18. The Kier molecular flexibility index (Phi) is 5.44. The van der Waals surface area contributed by atoms with Crippen LogP contribution in [0.5, 0.6) is 5.75 Å². The second kappa shape index (κ2) is 8.15. The maximum atomic E-state index is 12.6. The molecular weight excluding hydrogens is 413 g/mol. The van der Waals surface area contributed by atoms with Gasteiger partial charge >= 0.3 is 5.97 Å². The first-order valence-corrected chi connectivity index (χ1v) is 9.96. The van der Waals surface area contributed by atoms with Crippen molar-refractivity contribution in [3.8, 4) is 5.75 Å². The number of carbonyl (C=O) groups excluding carboxylic acids is 1. The zero-order valence-corrected chi connectivity index (χ0v) is 16.8. The monoisotopic (exact) mass is 425 g/mol. The summed E-state index contributed by atoms with van der Waals surface area (Å²) in [5, 5.41) is 1.93. The van der Waals surface area contributed by atoms with Gasteiger partial charge in [0.05, 0.1) is 10.7 Å². The van der Waals surface area contributed by atoms with Crippen molar-refractivity contribution >= 4 is 62.5 Å². The van der Waals surface area contributed by atoms with Crippen LogP contribution in [0.1, 0.15) is 15.2 Å². The first kappa shape index (κ1) is 18.7. The second-order valence-electron chi connectivity index (χ2n) is 5.94. The maximum absolute atomic E-state index is 12.6. The quantitative estimate of drug-likeness (QED) is 0.197. The van der Waals surface area contributed by atoms with E-state index in [2.05, 4.69) is 4.99 Å². The summed E-state index contributed by atoms with van der Waals surface area (Å²) in [5.41, 5.74) is 1.59. The molecule has 4 aromatic rings. The van der Waals surface area contributed by atoms with E-state index >= 15 is 0 Å². The predicted molar refractivity (Wildman–Crippen MR) is 117 cm³/mol. The number of hydrogen-bond donors (Lipinski definition) is 0. The molecule has 0 spiro atoms. The molecule has 28 heavy (non-hydrogen) atoms. The minimum Gasteiger partial charge on any atom is -0.422 e. The van der Waals surface area contributed by atoms with Gasteiger partial charge in [0.1, 0.15) is 10.6 Å². The number of fused-ring (bicyclic) bond motifs is 1. The highest BCUT2D eigenvalue weighted by Crippen LogP contribution is 2.35. The van der Waals surface area contributed by atoms with Crippen LogP contribution < -0.4 is 4.74 Å². The molecule has 3 aromatic carbocycles.